The van der Waals surface area contributed by atoms with Gasteiger partial charge in [-0.3, -0.25) is 14.9 Å². The molecule has 3 aromatic rings. The van der Waals surface area contributed by atoms with Gasteiger partial charge in [-0.2, -0.15) is 5.10 Å². The molecule has 144 valence electrons. The lowest BCUT2D eigenvalue weighted by Gasteiger charge is -2.04. The Labute approximate surface area is 168 Å². The molecule has 0 aliphatic carbocycles. The summed E-state index contributed by atoms with van der Waals surface area (Å²) >= 11 is 2.68. The second-order valence-corrected chi connectivity index (χ2v) is 7.81. The molecule has 3 rings (SSSR count). The first kappa shape index (κ1) is 19.7. The predicted octanol–water partition coefficient (Wildman–Crippen LogP) is 2.94. The van der Waals surface area contributed by atoms with E-state index in [2.05, 4.69) is 20.5 Å². The average molecular weight is 416 g/mol. The molecule has 0 fully saturated rings. The maximum Gasteiger partial charge on any atom is 0.283 e. The minimum absolute atomic E-state index is 0.0544. The summed E-state index contributed by atoms with van der Waals surface area (Å²) in [5.41, 5.74) is 3.53. The molecule has 0 atom stereocenters. The topological polar surface area (TPSA) is 115 Å². The molecule has 0 aliphatic heterocycles. The molecule has 2 aromatic heterocycles. The third kappa shape index (κ3) is 5.02. The highest BCUT2D eigenvalue weighted by Gasteiger charge is 2.17. The second-order valence-electron chi connectivity index (χ2n) is 5.73. The number of carbonyl (C=O) groups excluding carboxylic acids is 1. The molecule has 0 saturated carbocycles. The molecule has 0 radical (unpaired) electrons. The number of amides is 1. The molecule has 0 saturated heterocycles. The highest BCUT2D eigenvalue weighted by molar-refractivity contribution is 7.99. The van der Waals surface area contributed by atoms with Gasteiger partial charge in [0.25, 0.3) is 5.69 Å². The third-order valence-electron chi connectivity index (χ3n) is 3.57. The van der Waals surface area contributed by atoms with Crippen LogP contribution in [0.2, 0.25) is 0 Å². The lowest BCUT2D eigenvalue weighted by Crippen LogP contribution is -2.19. The lowest BCUT2D eigenvalue weighted by molar-refractivity contribution is -0.387. The predicted molar refractivity (Wildman–Crippen MR) is 107 cm³/mol. The molecule has 2 heterocycles. The van der Waals surface area contributed by atoms with Crippen LogP contribution in [-0.2, 0) is 18.3 Å². The summed E-state index contributed by atoms with van der Waals surface area (Å²) in [5, 5.41) is 18.6. The Hall–Kier alpha value is -3.05. The number of nitro benzene ring substituents is 1. The first-order valence-electron chi connectivity index (χ1n) is 8.09. The van der Waals surface area contributed by atoms with E-state index in [1.807, 2.05) is 19.4 Å². The molecular weight excluding hydrogens is 400 g/mol. The van der Waals surface area contributed by atoms with Gasteiger partial charge in [0.1, 0.15) is 0 Å². The van der Waals surface area contributed by atoms with E-state index in [9.17, 15) is 14.9 Å². The first-order chi connectivity index (χ1) is 13.4. The summed E-state index contributed by atoms with van der Waals surface area (Å²) < 4.78 is 1.78. The van der Waals surface area contributed by atoms with E-state index >= 15 is 0 Å². The molecule has 0 unspecified atom stereocenters. The van der Waals surface area contributed by atoms with Crippen LogP contribution in [0.4, 0.5) is 5.69 Å². The zero-order chi connectivity index (χ0) is 20.1. The van der Waals surface area contributed by atoms with Gasteiger partial charge in [0, 0.05) is 36.5 Å². The Morgan fingerprint density at radius 3 is 2.96 bits per heavy atom. The van der Waals surface area contributed by atoms with Crippen molar-refractivity contribution < 1.29 is 9.72 Å². The number of hydrogen-bond donors (Lipinski definition) is 1. The number of benzene rings is 1. The number of imidazole rings is 1. The molecule has 28 heavy (non-hydrogen) atoms. The Morgan fingerprint density at radius 1 is 1.50 bits per heavy atom. The largest absolute Gasteiger partial charge is 0.329 e. The van der Waals surface area contributed by atoms with Crippen LogP contribution in [0.1, 0.15) is 16.3 Å². The van der Waals surface area contributed by atoms with Crippen molar-refractivity contribution in [1.29, 1.82) is 0 Å². The Kier molecular flexibility index (Phi) is 6.16. The molecule has 1 N–H and O–H groups in total. The van der Waals surface area contributed by atoms with Gasteiger partial charge in [0.15, 0.2) is 5.16 Å². The van der Waals surface area contributed by atoms with Gasteiger partial charge in [-0.15, -0.1) is 11.3 Å². The Morgan fingerprint density at radius 2 is 2.32 bits per heavy atom. The number of hydrazone groups is 1. The quantitative estimate of drug-likeness (QED) is 0.360. The normalized spacial score (nSPS) is 11.1. The number of aryl methyl sites for hydroxylation is 2. The number of aromatic nitrogens is 3. The maximum absolute atomic E-state index is 11.9. The van der Waals surface area contributed by atoms with Crippen LogP contribution in [0, 0.1) is 17.0 Å². The fourth-order valence-corrected chi connectivity index (χ4v) is 3.77. The Balaban J connectivity index is 1.67. The molecule has 1 aromatic carbocycles. The number of nitro groups is 1. The fourth-order valence-electron chi connectivity index (χ4n) is 2.26. The summed E-state index contributed by atoms with van der Waals surface area (Å²) in [7, 11) is 1.82. The van der Waals surface area contributed by atoms with Gasteiger partial charge < -0.3 is 4.57 Å². The van der Waals surface area contributed by atoms with Crippen LogP contribution in [0.25, 0.3) is 0 Å². The number of rotatable bonds is 7. The van der Waals surface area contributed by atoms with E-state index in [0.717, 1.165) is 5.01 Å². The zero-order valence-electron chi connectivity index (χ0n) is 15.0. The van der Waals surface area contributed by atoms with Gasteiger partial charge in [0.2, 0.25) is 5.91 Å². The van der Waals surface area contributed by atoms with Crippen molar-refractivity contribution in [3.8, 4) is 0 Å². The number of nitrogens with zero attached hydrogens (tertiary/aromatic N) is 5. The maximum atomic E-state index is 11.9. The van der Waals surface area contributed by atoms with Gasteiger partial charge in [-0.05, 0) is 24.8 Å². The summed E-state index contributed by atoms with van der Waals surface area (Å²) in [6, 6.07) is 4.74. The van der Waals surface area contributed by atoms with Crippen LogP contribution in [0.5, 0.6) is 0 Å². The van der Waals surface area contributed by atoms with Gasteiger partial charge in [-0.25, -0.2) is 15.4 Å². The van der Waals surface area contributed by atoms with Crippen LogP contribution in [0.15, 0.2) is 51.1 Å². The van der Waals surface area contributed by atoms with Gasteiger partial charge in [0.05, 0.1) is 33.2 Å². The van der Waals surface area contributed by atoms with Crippen molar-refractivity contribution in [3.63, 3.8) is 0 Å². The van der Waals surface area contributed by atoms with Gasteiger partial charge in [-0.1, -0.05) is 6.07 Å². The van der Waals surface area contributed by atoms with Crippen molar-refractivity contribution in [2.75, 3.05) is 0 Å². The summed E-state index contributed by atoms with van der Waals surface area (Å²) in [6.45, 7) is 1.87. The van der Waals surface area contributed by atoms with Crippen LogP contribution < -0.4 is 5.43 Å². The first-order valence-corrected chi connectivity index (χ1v) is 9.78. The third-order valence-corrected chi connectivity index (χ3v) is 5.53. The van der Waals surface area contributed by atoms with E-state index in [0.29, 0.717) is 21.3 Å². The molecule has 0 bridgehead atoms. The van der Waals surface area contributed by atoms with Crippen LogP contribution >= 0.6 is 23.1 Å². The zero-order valence-corrected chi connectivity index (χ0v) is 16.7. The molecule has 11 heteroatoms. The van der Waals surface area contributed by atoms with E-state index in [-0.39, 0.29) is 18.0 Å². The average Bonchev–Trinajstić information content (AvgIpc) is 3.24. The van der Waals surface area contributed by atoms with Crippen molar-refractivity contribution in [2.45, 2.75) is 23.4 Å². The SMILES string of the molecule is Cc1nc(CC(=O)N/N=C\c2ccc(Sc3nccn3C)c([N+](=O)[O-])c2)cs1. The molecule has 1 amide bonds. The standard InChI is InChI=1S/C17H16N6O3S2/c1-11-20-13(10-27-11)8-16(24)21-19-9-12-3-4-15(14(7-12)23(25)26)28-17-18-5-6-22(17)2/h3-7,9-10H,8H2,1-2H3,(H,21,24)/b19-9-. The van der Waals surface area contributed by atoms with Crippen molar-refractivity contribution in [3.05, 3.63) is 62.4 Å². The van der Waals surface area contributed by atoms with Gasteiger partial charge >= 0.3 is 0 Å². The molecule has 9 nitrogen and oxygen atoms in total. The van der Waals surface area contributed by atoms with E-state index in [1.54, 1.807) is 29.1 Å². The number of carbonyl (C=O) groups is 1. The fraction of sp³-hybridized carbons (Fsp3) is 0.176. The molecular formula is C17H16N6O3S2. The van der Waals surface area contributed by atoms with Crippen molar-refractivity contribution in [1.82, 2.24) is 20.0 Å². The van der Waals surface area contributed by atoms with Crippen LogP contribution in [0.3, 0.4) is 0 Å². The lowest BCUT2D eigenvalue weighted by atomic mass is 10.2. The Bertz CT molecular complexity index is 1040. The van der Waals surface area contributed by atoms with E-state index in [1.165, 1.54) is 35.4 Å². The smallest absolute Gasteiger partial charge is 0.283 e. The number of thiazole rings is 1. The van der Waals surface area contributed by atoms with Crippen molar-refractivity contribution >= 4 is 40.9 Å². The second kappa shape index (κ2) is 8.76. The summed E-state index contributed by atoms with van der Waals surface area (Å²) in [5.74, 6) is -0.307. The van der Waals surface area contributed by atoms with Crippen LogP contribution in [-0.4, -0.2) is 31.6 Å². The minimum Gasteiger partial charge on any atom is -0.329 e. The highest BCUT2D eigenvalue weighted by Crippen LogP contribution is 2.34. The number of nitrogens with one attached hydrogen (secondary N) is 1. The molecule has 0 spiro atoms. The number of hydrogen-bond acceptors (Lipinski definition) is 8. The monoisotopic (exact) mass is 416 g/mol. The van der Waals surface area contributed by atoms with E-state index < -0.39 is 4.92 Å². The highest BCUT2D eigenvalue weighted by atomic mass is 32.2. The minimum atomic E-state index is -0.453. The molecule has 0 aliphatic rings. The van der Waals surface area contributed by atoms with Crippen molar-refractivity contribution in [2.24, 2.45) is 12.1 Å². The summed E-state index contributed by atoms with van der Waals surface area (Å²) in [6.07, 6.45) is 4.89. The van der Waals surface area contributed by atoms with E-state index in [4.69, 9.17) is 0 Å². The summed E-state index contributed by atoms with van der Waals surface area (Å²) in [4.78, 5) is 31.7.